The average Bonchev–Trinajstić information content (AvgIpc) is 3.18. The Morgan fingerprint density at radius 2 is 2.05 bits per heavy atom. The van der Waals surface area contributed by atoms with Crippen molar-refractivity contribution in [3.63, 3.8) is 0 Å². The fourth-order valence-electron chi connectivity index (χ4n) is 2.90. The Bertz CT molecular complexity index is 578. The van der Waals surface area contributed by atoms with Crippen LogP contribution in [0.2, 0.25) is 0 Å². The Morgan fingerprint density at radius 3 is 2.71 bits per heavy atom. The predicted molar refractivity (Wildman–Crippen MR) is 80.9 cm³/mol. The van der Waals surface area contributed by atoms with Crippen molar-refractivity contribution in [2.24, 2.45) is 0 Å². The molecule has 2 fully saturated rings. The van der Waals surface area contributed by atoms with Gasteiger partial charge in [-0.3, -0.25) is 0 Å². The lowest BCUT2D eigenvalue weighted by Crippen LogP contribution is -2.49. The summed E-state index contributed by atoms with van der Waals surface area (Å²) in [6.45, 7) is 3.68. The Morgan fingerprint density at radius 1 is 1.29 bits per heavy atom. The molecule has 0 amide bonds. The fraction of sp³-hybridized carbons (Fsp3) is 0.714. The van der Waals surface area contributed by atoms with Crippen LogP contribution in [0, 0.1) is 0 Å². The summed E-state index contributed by atoms with van der Waals surface area (Å²) >= 11 is 1.37. The van der Waals surface area contributed by atoms with Crippen LogP contribution in [0.25, 0.3) is 0 Å². The van der Waals surface area contributed by atoms with Crippen LogP contribution in [0.3, 0.4) is 0 Å². The first-order valence-corrected chi connectivity index (χ1v) is 9.72. The van der Waals surface area contributed by atoms with E-state index in [1.165, 1.54) is 11.3 Å². The third-order valence-electron chi connectivity index (χ3n) is 4.01. The zero-order valence-electron chi connectivity index (χ0n) is 12.2. The van der Waals surface area contributed by atoms with E-state index in [2.05, 4.69) is 0 Å². The summed E-state index contributed by atoms with van der Waals surface area (Å²) in [6.07, 6.45) is 3.17. The number of ether oxygens (including phenoxy) is 2. The Labute approximate surface area is 129 Å². The van der Waals surface area contributed by atoms with E-state index in [1.54, 1.807) is 10.4 Å². The van der Waals surface area contributed by atoms with Gasteiger partial charge in [0.05, 0.1) is 19.3 Å². The van der Waals surface area contributed by atoms with Crippen LogP contribution >= 0.6 is 11.3 Å². The van der Waals surface area contributed by atoms with Crippen LogP contribution in [0.15, 0.2) is 16.3 Å². The second-order valence-corrected chi connectivity index (χ2v) is 8.65. The number of hydrogen-bond donors (Lipinski definition) is 0. The molecule has 5 nitrogen and oxygen atoms in total. The lowest BCUT2D eigenvalue weighted by Gasteiger charge is -2.36. The second kappa shape index (κ2) is 6.34. The molecule has 3 heterocycles. The number of sulfonamides is 1. The highest BCUT2D eigenvalue weighted by Crippen LogP contribution is 2.32. The van der Waals surface area contributed by atoms with Crippen LogP contribution in [0.5, 0.6) is 0 Å². The minimum atomic E-state index is -3.45. The average molecular weight is 331 g/mol. The van der Waals surface area contributed by atoms with Crippen LogP contribution < -0.4 is 0 Å². The van der Waals surface area contributed by atoms with E-state index in [0.29, 0.717) is 24.0 Å². The summed E-state index contributed by atoms with van der Waals surface area (Å²) in [6, 6.07) is 3.43. The molecule has 1 aromatic rings. The molecule has 2 aliphatic heterocycles. The molecule has 118 valence electrons. The lowest BCUT2D eigenvalue weighted by molar-refractivity contribution is -0.0912. The summed E-state index contributed by atoms with van der Waals surface area (Å²) in [5.74, 6) is 0. The van der Waals surface area contributed by atoms with Gasteiger partial charge in [-0.1, -0.05) is 13.3 Å². The van der Waals surface area contributed by atoms with Crippen LogP contribution in [-0.4, -0.2) is 44.8 Å². The van der Waals surface area contributed by atoms with Crippen molar-refractivity contribution in [2.45, 2.75) is 49.1 Å². The van der Waals surface area contributed by atoms with Gasteiger partial charge in [-0.05, 0) is 31.4 Å². The molecular formula is C14H21NO4S2. The number of thiophene rings is 1. The van der Waals surface area contributed by atoms with Gasteiger partial charge in [0, 0.05) is 11.4 Å². The van der Waals surface area contributed by atoms with Crippen molar-refractivity contribution < 1.29 is 17.9 Å². The molecule has 2 saturated heterocycles. The molecule has 7 heteroatoms. The maximum Gasteiger partial charge on any atom is 0.252 e. The minimum absolute atomic E-state index is 0.196. The molecular weight excluding hydrogens is 310 g/mol. The van der Waals surface area contributed by atoms with Crippen molar-refractivity contribution in [2.75, 3.05) is 19.8 Å². The molecule has 3 rings (SSSR count). The largest absolute Gasteiger partial charge is 0.349 e. The van der Waals surface area contributed by atoms with Crippen LogP contribution in [0.1, 0.15) is 31.1 Å². The zero-order valence-corrected chi connectivity index (χ0v) is 13.8. The van der Waals surface area contributed by atoms with Crippen molar-refractivity contribution in [3.05, 3.63) is 17.0 Å². The van der Waals surface area contributed by atoms with E-state index in [9.17, 15) is 8.42 Å². The number of hydrogen-bond acceptors (Lipinski definition) is 5. The zero-order chi connectivity index (χ0) is 14.9. The van der Waals surface area contributed by atoms with Gasteiger partial charge in [0.25, 0.3) is 10.0 Å². The summed E-state index contributed by atoms with van der Waals surface area (Å²) < 4.78 is 39.0. The molecule has 1 aromatic heterocycles. The van der Waals surface area contributed by atoms with Crippen molar-refractivity contribution in [1.29, 1.82) is 0 Å². The van der Waals surface area contributed by atoms with Gasteiger partial charge in [0.1, 0.15) is 4.21 Å². The van der Waals surface area contributed by atoms with E-state index in [-0.39, 0.29) is 6.04 Å². The molecule has 0 N–H and O–H groups in total. The van der Waals surface area contributed by atoms with Crippen molar-refractivity contribution >= 4 is 21.4 Å². The first kappa shape index (κ1) is 15.4. The van der Waals surface area contributed by atoms with Crippen molar-refractivity contribution in [1.82, 2.24) is 4.31 Å². The second-order valence-electron chi connectivity index (χ2n) is 5.36. The highest BCUT2D eigenvalue weighted by molar-refractivity contribution is 7.91. The topological polar surface area (TPSA) is 55.8 Å². The Kier molecular flexibility index (Phi) is 4.66. The Balaban J connectivity index is 1.87. The predicted octanol–water partition coefficient (Wildman–Crippen LogP) is 2.23. The molecule has 0 aromatic carbocycles. The van der Waals surface area contributed by atoms with Crippen molar-refractivity contribution in [3.8, 4) is 0 Å². The number of rotatable bonds is 4. The molecule has 1 unspecified atom stereocenters. The van der Waals surface area contributed by atoms with Crippen LogP contribution in [-0.2, 0) is 25.9 Å². The fourth-order valence-corrected chi connectivity index (χ4v) is 6.01. The third-order valence-corrected chi connectivity index (χ3v) is 7.63. The third kappa shape index (κ3) is 3.03. The molecule has 0 aliphatic carbocycles. The smallest absolute Gasteiger partial charge is 0.252 e. The molecule has 0 saturated carbocycles. The normalized spacial score (nSPS) is 25.5. The maximum atomic E-state index is 12.9. The van der Waals surface area contributed by atoms with Gasteiger partial charge in [-0.2, -0.15) is 4.31 Å². The monoisotopic (exact) mass is 331 g/mol. The summed E-state index contributed by atoms with van der Waals surface area (Å²) in [4.78, 5) is 1.09. The van der Waals surface area contributed by atoms with E-state index in [4.69, 9.17) is 9.47 Å². The van der Waals surface area contributed by atoms with E-state index in [0.717, 1.165) is 30.6 Å². The Hall–Kier alpha value is -0.470. The van der Waals surface area contributed by atoms with Gasteiger partial charge in [0.2, 0.25) is 0 Å². The molecule has 21 heavy (non-hydrogen) atoms. The molecule has 1 atom stereocenters. The minimum Gasteiger partial charge on any atom is -0.349 e. The molecule has 2 aliphatic rings. The summed E-state index contributed by atoms with van der Waals surface area (Å²) in [5, 5.41) is 0. The van der Waals surface area contributed by atoms with Gasteiger partial charge in [-0.25, -0.2) is 8.42 Å². The van der Waals surface area contributed by atoms with E-state index >= 15 is 0 Å². The molecule has 0 bridgehead atoms. The number of piperidine rings is 1. The highest BCUT2D eigenvalue weighted by atomic mass is 32.2. The van der Waals surface area contributed by atoms with Gasteiger partial charge in [0.15, 0.2) is 6.29 Å². The number of nitrogens with zero attached hydrogens (tertiary/aromatic N) is 1. The van der Waals surface area contributed by atoms with Crippen LogP contribution in [0.4, 0.5) is 0 Å². The van der Waals surface area contributed by atoms with Gasteiger partial charge >= 0.3 is 0 Å². The standard InChI is InChI=1S/C14H21NO4S2/c1-2-11-6-7-13(20-11)21(16,17)15-8-4-3-5-12(15)14-18-9-10-19-14/h6-7,12,14H,2-5,8-10H2,1H3. The first-order chi connectivity index (χ1) is 10.1. The van der Waals surface area contributed by atoms with Gasteiger partial charge in [-0.15, -0.1) is 11.3 Å². The summed E-state index contributed by atoms with van der Waals surface area (Å²) in [7, 11) is -3.45. The molecule has 0 spiro atoms. The molecule has 0 radical (unpaired) electrons. The summed E-state index contributed by atoms with van der Waals surface area (Å²) in [5.41, 5.74) is 0. The quantitative estimate of drug-likeness (QED) is 0.849. The highest BCUT2D eigenvalue weighted by Gasteiger charge is 2.40. The van der Waals surface area contributed by atoms with Gasteiger partial charge < -0.3 is 9.47 Å². The van der Waals surface area contributed by atoms with E-state index < -0.39 is 16.3 Å². The SMILES string of the molecule is CCc1ccc(S(=O)(=O)N2CCCCC2C2OCCO2)s1. The number of aryl methyl sites for hydroxylation is 1. The lowest BCUT2D eigenvalue weighted by atomic mass is 10.0. The van der Waals surface area contributed by atoms with E-state index in [1.807, 2.05) is 13.0 Å². The first-order valence-electron chi connectivity index (χ1n) is 7.46. The maximum absolute atomic E-state index is 12.9.